The molecule has 5 heteroatoms. The zero-order valence-electron chi connectivity index (χ0n) is 11.1. The Morgan fingerprint density at radius 1 is 1.32 bits per heavy atom. The van der Waals surface area contributed by atoms with E-state index in [2.05, 4.69) is 0 Å². The van der Waals surface area contributed by atoms with E-state index in [0.29, 0.717) is 6.29 Å². The Labute approximate surface area is 112 Å². The van der Waals surface area contributed by atoms with Crippen molar-refractivity contribution in [2.75, 3.05) is 7.11 Å². The van der Waals surface area contributed by atoms with Crippen LogP contribution in [0, 0.1) is 0 Å². The van der Waals surface area contributed by atoms with Crippen LogP contribution < -0.4 is 9.47 Å². The minimum Gasteiger partial charge on any atom is -0.504 e. The summed E-state index contributed by atoms with van der Waals surface area (Å²) < 4.78 is 10.1. The number of ether oxygens (including phenoxy) is 2. The van der Waals surface area contributed by atoms with Crippen molar-refractivity contribution in [2.45, 2.75) is 32.6 Å². The Hall–Kier alpha value is -2.04. The second-order valence-corrected chi connectivity index (χ2v) is 4.09. The maximum Gasteiger partial charge on any atom is 0.311 e. The van der Waals surface area contributed by atoms with Crippen LogP contribution in [0.2, 0.25) is 0 Å². The molecule has 19 heavy (non-hydrogen) atoms. The van der Waals surface area contributed by atoms with Crippen molar-refractivity contribution in [1.82, 2.24) is 0 Å². The average molecular weight is 266 g/mol. The van der Waals surface area contributed by atoms with Crippen LogP contribution in [-0.4, -0.2) is 24.5 Å². The van der Waals surface area contributed by atoms with Crippen molar-refractivity contribution in [3.63, 3.8) is 0 Å². The molecule has 0 aliphatic carbocycles. The minimum atomic E-state index is -0.444. The van der Waals surface area contributed by atoms with E-state index in [1.165, 1.54) is 19.2 Å². The van der Waals surface area contributed by atoms with Crippen LogP contribution >= 0.6 is 0 Å². The molecule has 0 amide bonds. The van der Waals surface area contributed by atoms with E-state index in [-0.39, 0.29) is 29.2 Å². The molecule has 0 aromatic heterocycles. The van der Waals surface area contributed by atoms with Crippen molar-refractivity contribution >= 4 is 12.3 Å². The molecule has 0 spiro atoms. The highest BCUT2D eigenvalue weighted by Gasteiger charge is 2.18. The Kier molecular flexibility index (Phi) is 5.85. The molecule has 0 aliphatic rings. The van der Waals surface area contributed by atoms with E-state index in [1.807, 2.05) is 6.92 Å². The number of hydrogen-bond donors (Lipinski definition) is 1. The minimum absolute atomic E-state index is 0.00607. The normalized spacial score (nSPS) is 10.0. The maximum atomic E-state index is 11.7. The molecule has 1 aromatic carbocycles. The maximum absolute atomic E-state index is 11.7. The summed E-state index contributed by atoms with van der Waals surface area (Å²) in [5, 5.41) is 9.61. The lowest BCUT2D eigenvalue weighted by atomic mass is 10.2. The molecule has 0 saturated heterocycles. The third-order valence-corrected chi connectivity index (χ3v) is 2.65. The third-order valence-electron chi connectivity index (χ3n) is 2.65. The van der Waals surface area contributed by atoms with Crippen LogP contribution in [0.5, 0.6) is 17.2 Å². The van der Waals surface area contributed by atoms with Crippen LogP contribution in [0.25, 0.3) is 0 Å². The van der Waals surface area contributed by atoms with E-state index in [0.717, 1.165) is 19.3 Å². The molecule has 1 aromatic rings. The topological polar surface area (TPSA) is 72.8 Å². The molecule has 1 N–H and O–H groups in total. The SMILES string of the molecule is CCCCCC(=O)Oc1c(C=O)ccc(O)c1OC. The predicted octanol–water partition coefficient (Wildman–Crippen LogP) is 2.70. The van der Waals surface area contributed by atoms with Crippen molar-refractivity contribution in [1.29, 1.82) is 0 Å². The van der Waals surface area contributed by atoms with Gasteiger partial charge >= 0.3 is 5.97 Å². The first kappa shape index (κ1) is 15.0. The van der Waals surface area contributed by atoms with Crippen molar-refractivity contribution in [3.8, 4) is 17.2 Å². The summed E-state index contributed by atoms with van der Waals surface area (Å²) in [6.45, 7) is 2.04. The quantitative estimate of drug-likeness (QED) is 0.355. The molecule has 0 atom stereocenters. The number of methoxy groups -OCH3 is 1. The van der Waals surface area contributed by atoms with Crippen LogP contribution in [0.3, 0.4) is 0 Å². The molecule has 104 valence electrons. The van der Waals surface area contributed by atoms with Gasteiger partial charge in [0.15, 0.2) is 17.8 Å². The lowest BCUT2D eigenvalue weighted by Crippen LogP contribution is -2.10. The first-order valence-corrected chi connectivity index (χ1v) is 6.19. The standard InChI is InChI=1S/C14H18O5/c1-3-4-5-6-12(17)19-13-10(9-15)7-8-11(16)14(13)18-2/h7-9,16H,3-6H2,1-2H3. The van der Waals surface area contributed by atoms with Crippen LogP contribution in [0.4, 0.5) is 0 Å². The smallest absolute Gasteiger partial charge is 0.311 e. The molecule has 0 radical (unpaired) electrons. The zero-order valence-corrected chi connectivity index (χ0v) is 11.1. The largest absolute Gasteiger partial charge is 0.504 e. The van der Waals surface area contributed by atoms with Gasteiger partial charge in [0.25, 0.3) is 0 Å². The van der Waals surface area contributed by atoms with Crippen LogP contribution in [0.15, 0.2) is 12.1 Å². The van der Waals surface area contributed by atoms with Gasteiger partial charge in [-0.3, -0.25) is 9.59 Å². The fourth-order valence-electron chi connectivity index (χ4n) is 1.65. The van der Waals surface area contributed by atoms with Crippen molar-refractivity contribution in [2.24, 2.45) is 0 Å². The number of aromatic hydroxyl groups is 1. The second kappa shape index (κ2) is 7.41. The van der Waals surface area contributed by atoms with E-state index in [1.54, 1.807) is 0 Å². The fraction of sp³-hybridized carbons (Fsp3) is 0.429. The monoisotopic (exact) mass is 266 g/mol. The first-order chi connectivity index (χ1) is 9.13. The van der Waals surface area contributed by atoms with Gasteiger partial charge in [0.05, 0.1) is 12.7 Å². The van der Waals surface area contributed by atoms with Crippen molar-refractivity contribution in [3.05, 3.63) is 17.7 Å². The molecule has 5 nitrogen and oxygen atoms in total. The van der Waals surface area contributed by atoms with Crippen LogP contribution in [0.1, 0.15) is 43.0 Å². The Bertz CT molecular complexity index is 453. The van der Waals surface area contributed by atoms with E-state index in [4.69, 9.17) is 9.47 Å². The number of benzene rings is 1. The van der Waals surface area contributed by atoms with Gasteiger partial charge in [-0.05, 0) is 18.6 Å². The number of hydrogen-bond acceptors (Lipinski definition) is 5. The summed E-state index contributed by atoms with van der Waals surface area (Å²) >= 11 is 0. The Morgan fingerprint density at radius 3 is 2.63 bits per heavy atom. The van der Waals surface area contributed by atoms with Gasteiger partial charge in [0.2, 0.25) is 5.75 Å². The van der Waals surface area contributed by atoms with Gasteiger partial charge in [-0.1, -0.05) is 19.8 Å². The van der Waals surface area contributed by atoms with Crippen LogP contribution in [-0.2, 0) is 4.79 Å². The highest BCUT2D eigenvalue weighted by molar-refractivity contribution is 5.85. The second-order valence-electron chi connectivity index (χ2n) is 4.09. The first-order valence-electron chi connectivity index (χ1n) is 6.19. The van der Waals surface area contributed by atoms with Gasteiger partial charge in [0, 0.05) is 6.42 Å². The Morgan fingerprint density at radius 2 is 2.05 bits per heavy atom. The summed E-state index contributed by atoms with van der Waals surface area (Å²) in [6.07, 6.45) is 3.49. The molecule has 0 aliphatic heterocycles. The van der Waals surface area contributed by atoms with Gasteiger partial charge in [-0.25, -0.2) is 0 Å². The van der Waals surface area contributed by atoms with Gasteiger partial charge in [-0.2, -0.15) is 0 Å². The summed E-state index contributed by atoms with van der Waals surface area (Å²) in [4.78, 5) is 22.6. The molecule has 0 heterocycles. The van der Waals surface area contributed by atoms with Gasteiger partial charge in [-0.15, -0.1) is 0 Å². The summed E-state index contributed by atoms with van der Waals surface area (Å²) in [5.74, 6) is -0.655. The lowest BCUT2D eigenvalue weighted by molar-refractivity contribution is -0.134. The molecule has 1 rings (SSSR count). The molecular weight excluding hydrogens is 248 g/mol. The van der Waals surface area contributed by atoms with Crippen molar-refractivity contribution < 1.29 is 24.2 Å². The van der Waals surface area contributed by atoms with E-state index >= 15 is 0 Å². The molecule has 0 bridgehead atoms. The number of carbonyl (C=O) groups excluding carboxylic acids is 2. The van der Waals surface area contributed by atoms with Gasteiger partial charge < -0.3 is 14.6 Å². The predicted molar refractivity (Wildman–Crippen MR) is 69.8 cm³/mol. The number of phenolic OH excluding ortho intramolecular Hbond substituents is 1. The Balaban J connectivity index is 2.89. The number of esters is 1. The number of phenols is 1. The van der Waals surface area contributed by atoms with Gasteiger partial charge in [0.1, 0.15) is 0 Å². The molecule has 0 fully saturated rings. The molecule has 0 saturated carbocycles. The van der Waals surface area contributed by atoms with E-state index in [9.17, 15) is 14.7 Å². The number of rotatable bonds is 7. The van der Waals surface area contributed by atoms with E-state index < -0.39 is 5.97 Å². The average Bonchev–Trinajstić information content (AvgIpc) is 2.39. The summed E-state index contributed by atoms with van der Waals surface area (Å²) in [7, 11) is 1.33. The number of unbranched alkanes of at least 4 members (excludes halogenated alkanes) is 2. The summed E-state index contributed by atoms with van der Waals surface area (Å²) in [6, 6.07) is 2.69. The molecule has 0 unspecified atom stereocenters. The highest BCUT2D eigenvalue weighted by Crippen LogP contribution is 2.38. The third kappa shape index (κ3) is 3.98. The lowest BCUT2D eigenvalue weighted by Gasteiger charge is -2.12. The zero-order chi connectivity index (χ0) is 14.3. The highest BCUT2D eigenvalue weighted by atomic mass is 16.6. The number of aldehydes is 1. The summed E-state index contributed by atoms with van der Waals surface area (Å²) in [5.41, 5.74) is 0.165. The number of carbonyl (C=O) groups is 2. The fourth-order valence-corrected chi connectivity index (χ4v) is 1.65. The molecular formula is C14H18O5.